The van der Waals surface area contributed by atoms with Gasteiger partial charge in [-0.05, 0) is 37.4 Å². The number of thioether (sulfide) groups is 1. The van der Waals surface area contributed by atoms with Gasteiger partial charge in [0.05, 0.1) is 0 Å². The monoisotopic (exact) mass is 358 g/mol. The highest BCUT2D eigenvalue weighted by atomic mass is 35.5. The van der Waals surface area contributed by atoms with Crippen LogP contribution in [-0.2, 0) is 17.9 Å². The van der Waals surface area contributed by atoms with Gasteiger partial charge >= 0.3 is 0 Å². The molecule has 0 radical (unpaired) electrons. The lowest BCUT2D eigenvalue weighted by Gasteiger charge is -2.10. The number of H-pyrrole nitrogens is 1. The van der Waals surface area contributed by atoms with E-state index in [1.165, 1.54) is 27.7 Å². The van der Waals surface area contributed by atoms with E-state index in [4.69, 9.17) is 11.6 Å². The van der Waals surface area contributed by atoms with Crippen LogP contribution in [0.5, 0.6) is 0 Å². The highest BCUT2D eigenvalue weighted by Gasteiger charge is 2.12. The van der Waals surface area contributed by atoms with E-state index in [0.29, 0.717) is 0 Å². The number of likely N-dealkylation sites (N-methyl/N-ethyl adjacent to an activating group) is 1. The summed E-state index contributed by atoms with van der Waals surface area (Å²) in [6, 6.07) is 16.7. The number of hydrogen-bond donors (Lipinski definition) is 1. The van der Waals surface area contributed by atoms with Gasteiger partial charge in [-0.15, -0.1) is 0 Å². The molecule has 4 heteroatoms. The molecule has 0 bridgehead atoms. The van der Waals surface area contributed by atoms with Crippen LogP contribution in [0.1, 0.15) is 16.8 Å². The first-order valence-electron chi connectivity index (χ1n) is 8.19. The number of nitrogens with one attached hydrogen (secondary N) is 1. The molecule has 1 aromatic heterocycles. The molecule has 0 atom stereocenters. The van der Waals surface area contributed by atoms with E-state index >= 15 is 0 Å². The Balaban J connectivity index is 1.76. The fraction of sp³-hybridized carbons (Fsp3) is 0.300. The van der Waals surface area contributed by atoms with Crippen molar-refractivity contribution in [3.63, 3.8) is 0 Å². The van der Waals surface area contributed by atoms with Crippen molar-refractivity contribution in [3.8, 4) is 0 Å². The van der Waals surface area contributed by atoms with Crippen molar-refractivity contribution >= 4 is 34.3 Å². The number of aromatic nitrogens is 1. The number of nitrogens with zero attached hydrogens (tertiary/aromatic N) is 1. The molecule has 0 spiro atoms. The molecular formula is C20H23ClN2S. The van der Waals surface area contributed by atoms with Gasteiger partial charge in [-0.25, -0.2) is 0 Å². The number of halogens is 1. The second kappa shape index (κ2) is 8.11. The van der Waals surface area contributed by atoms with E-state index in [2.05, 4.69) is 60.4 Å². The average molecular weight is 359 g/mol. The van der Waals surface area contributed by atoms with Crippen molar-refractivity contribution < 1.29 is 0 Å². The first kappa shape index (κ1) is 17.4. The Morgan fingerprint density at radius 3 is 2.54 bits per heavy atom. The van der Waals surface area contributed by atoms with Crippen LogP contribution in [0.2, 0.25) is 5.02 Å². The maximum atomic E-state index is 6.27. The lowest BCUT2D eigenvalue weighted by molar-refractivity contribution is 0.412. The van der Waals surface area contributed by atoms with Gasteiger partial charge in [0.15, 0.2) is 0 Å². The highest BCUT2D eigenvalue weighted by molar-refractivity contribution is 7.97. The molecular weight excluding hydrogens is 336 g/mol. The predicted molar refractivity (Wildman–Crippen MR) is 107 cm³/mol. The van der Waals surface area contributed by atoms with E-state index in [1.807, 2.05) is 23.9 Å². The Hall–Kier alpha value is -1.42. The Kier molecular flexibility index (Phi) is 5.88. The topological polar surface area (TPSA) is 19.0 Å². The molecule has 0 saturated heterocycles. The third-order valence-corrected chi connectivity index (χ3v) is 5.55. The summed E-state index contributed by atoms with van der Waals surface area (Å²) in [6.45, 7) is 1.05. The molecule has 0 saturated carbocycles. The summed E-state index contributed by atoms with van der Waals surface area (Å²) in [5, 5.41) is 2.20. The van der Waals surface area contributed by atoms with Crippen molar-refractivity contribution in [1.29, 1.82) is 0 Å². The highest BCUT2D eigenvalue weighted by Crippen LogP contribution is 2.29. The summed E-state index contributed by atoms with van der Waals surface area (Å²) in [5.41, 5.74) is 5.24. The fourth-order valence-corrected chi connectivity index (χ4v) is 4.24. The lowest BCUT2D eigenvalue weighted by Crippen LogP contribution is -2.15. The van der Waals surface area contributed by atoms with Crippen LogP contribution in [0, 0.1) is 0 Å². The molecule has 0 fully saturated rings. The predicted octanol–water partition coefficient (Wildman–Crippen LogP) is 5.36. The maximum absolute atomic E-state index is 6.27. The Morgan fingerprint density at radius 2 is 1.75 bits per heavy atom. The van der Waals surface area contributed by atoms with Gasteiger partial charge in [0, 0.05) is 46.1 Å². The molecule has 3 rings (SSSR count). The summed E-state index contributed by atoms with van der Waals surface area (Å²) < 4.78 is 0. The summed E-state index contributed by atoms with van der Waals surface area (Å²) in [4.78, 5) is 5.84. The van der Waals surface area contributed by atoms with Gasteiger partial charge in [-0.3, -0.25) is 0 Å². The van der Waals surface area contributed by atoms with Crippen LogP contribution >= 0.6 is 23.4 Å². The molecule has 0 amide bonds. The third-order valence-electron chi connectivity index (χ3n) is 4.17. The number of benzene rings is 2. The fourth-order valence-electron chi connectivity index (χ4n) is 2.85. The van der Waals surface area contributed by atoms with Crippen molar-refractivity contribution in [3.05, 3.63) is 70.4 Å². The van der Waals surface area contributed by atoms with Crippen LogP contribution in [0.3, 0.4) is 0 Å². The Labute approximate surface area is 153 Å². The van der Waals surface area contributed by atoms with E-state index < -0.39 is 0 Å². The van der Waals surface area contributed by atoms with E-state index in [1.54, 1.807) is 0 Å². The Morgan fingerprint density at radius 1 is 1.00 bits per heavy atom. The first-order chi connectivity index (χ1) is 11.6. The summed E-state index contributed by atoms with van der Waals surface area (Å²) >= 11 is 8.19. The van der Waals surface area contributed by atoms with E-state index in [9.17, 15) is 0 Å². The molecule has 2 aromatic carbocycles. The van der Waals surface area contributed by atoms with Crippen molar-refractivity contribution in [2.45, 2.75) is 17.9 Å². The smallest absolute Gasteiger partial charge is 0.0459 e. The van der Waals surface area contributed by atoms with Gasteiger partial charge in [0.1, 0.15) is 0 Å². The van der Waals surface area contributed by atoms with Gasteiger partial charge in [0.2, 0.25) is 0 Å². The quantitative estimate of drug-likeness (QED) is 0.613. The van der Waals surface area contributed by atoms with Crippen LogP contribution in [0.4, 0.5) is 0 Å². The second-order valence-corrected chi connectivity index (χ2v) is 7.66. The molecule has 1 heterocycles. The molecule has 3 aromatic rings. The lowest BCUT2D eigenvalue weighted by atomic mass is 10.1. The zero-order valence-electron chi connectivity index (χ0n) is 14.2. The van der Waals surface area contributed by atoms with Crippen molar-refractivity contribution in [1.82, 2.24) is 9.88 Å². The minimum atomic E-state index is 0.858. The molecule has 126 valence electrons. The average Bonchev–Trinajstić information content (AvgIpc) is 2.93. The van der Waals surface area contributed by atoms with Crippen LogP contribution in [0.15, 0.2) is 48.5 Å². The summed E-state index contributed by atoms with van der Waals surface area (Å²) in [5.74, 6) is 1.93. The molecule has 0 aliphatic carbocycles. The van der Waals surface area contributed by atoms with Crippen LogP contribution < -0.4 is 0 Å². The number of fused-ring (bicyclic) bond motifs is 1. The van der Waals surface area contributed by atoms with Crippen molar-refractivity contribution in [2.24, 2.45) is 0 Å². The maximum Gasteiger partial charge on any atom is 0.0459 e. The second-order valence-electron chi connectivity index (χ2n) is 6.27. The SMILES string of the molecule is CN(C)CCc1[nH]c2ccccc2c1CSCc1ccccc1Cl. The number of hydrogen-bond acceptors (Lipinski definition) is 2. The molecule has 0 aliphatic rings. The van der Waals surface area contributed by atoms with E-state index in [0.717, 1.165) is 29.5 Å². The molecule has 0 unspecified atom stereocenters. The zero-order chi connectivity index (χ0) is 16.9. The zero-order valence-corrected chi connectivity index (χ0v) is 15.8. The molecule has 2 nitrogen and oxygen atoms in total. The first-order valence-corrected chi connectivity index (χ1v) is 9.73. The largest absolute Gasteiger partial charge is 0.358 e. The van der Waals surface area contributed by atoms with E-state index in [-0.39, 0.29) is 0 Å². The van der Waals surface area contributed by atoms with Gasteiger partial charge in [-0.1, -0.05) is 48.0 Å². The minimum Gasteiger partial charge on any atom is -0.358 e. The summed E-state index contributed by atoms with van der Waals surface area (Å²) in [7, 11) is 4.24. The molecule has 1 N–H and O–H groups in total. The van der Waals surface area contributed by atoms with Crippen molar-refractivity contribution in [2.75, 3.05) is 20.6 Å². The van der Waals surface area contributed by atoms with Gasteiger partial charge in [-0.2, -0.15) is 11.8 Å². The standard InChI is InChI=1S/C20H23ClN2S/c1-23(2)12-11-20-17(16-8-4-6-10-19(16)22-20)14-24-13-15-7-3-5-9-18(15)21/h3-10,22H,11-14H2,1-2H3. The van der Waals surface area contributed by atoms with Crippen LogP contribution in [-0.4, -0.2) is 30.5 Å². The molecule has 0 aliphatic heterocycles. The number of rotatable bonds is 7. The van der Waals surface area contributed by atoms with Gasteiger partial charge < -0.3 is 9.88 Å². The number of para-hydroxylation sites is 1. The third kappa shape index (κ3) is 4.15. The number of aromatic amines is 1. The molecule has 24 heavy (non-hydrogen) atoms. The van der Waals surface area contributed by atoms with Crippen LogP contribution in [0.25, 0.3) is 10.9 Å². The Bertz CT molecular complexity index is 810. The van der Waals surface area contributed by atoms with Gasteiger partial charge in [0.25, 0.3) is 0 Å². The minimum absolute atomic E-state index is 0.858. The normalized spacial score (nSPS) is 11.5. The summed E-state index contributed by atoms with van der Waals surface area (Å²) in [6.07, 6.45) is 1.05.